The fraction of sp³-hybridized carbons (Fsp3) is 1.00. The average Bonchev–Trinajstić information content (AvgIpc) is 3.53. The van der Waals surface area contributed by atoms with Crippen molar-refractivity contribution < 1.29 is 9.47 Å². The Bertz CT molecular complexity index is 322. The molecule has 0 spiro atoms. The predicted molar refractivity (Wildman–Crippen MR) is 98.1 cm³/mol. The summed E-state index contributed by atoms with van der Waals surface area (Å²) >= 11 is 0. The first kappa shape index (κ1) is 17.3. The van der Waals surface area contributed by atoms with Crippen LogP contribution in [0.2, 0.25) is 0 Å². The van der Waals surface area contributed by atoms with Crippen LogP contribution >= 0.6 is 0 Å². The zero-order valence-corrected chi connectivity index (χ0v) is 15.6. The van der Waals surface area contributed by atoms with Gasteiger partial charge in [0, 0.05) is 0 Å². The highest BCUT2D eigenvalue weighted by Gasteiger charge is 2.28. The molecule has 2 nitrogen and oxygen atoms in total. The van der Waals surface area contributed by atoms with E-state index in [9.17, 15) is 0 Å². The summed E-state index contributed by atoms with van der Waals surface area (Å²) in [4.78, 5) is 0. The largest absolute Gasteiger partial charge is 0.373 e. The van der Waals surface area contributed by atoms with Crippen LogP contribution in [0.3, 0.4) is 0 Å². The number of ether oxygens (including phenoxy) is 2. The molecular formula is C22H38O2. The first-order valence-corrected chi connectivity index (χ1v) is 11.1. The van der Waals surface area contributed by atoms with Crippen molar-refractivity contribution >= 4 is 0 Å². The van der Waals surface area contributed by atoms with E-state index in [1.807, 2.05) is 0 Å². The molecule has 2 saturated carbocycles. The average molecular weight is 335 g/mol. The highest BCUT2D eigenvalue weighted by molar-refractivity contribution is 4.79. The molecule has 4 aliphatic rings. The Kier molecular flexibility index (Phi) is 6.17. The van der Waals surface area contributed by atoms with Gasteiger partial charge in [-0.15, -0.1) is 0 Å². The van der Waals surface area contributed by atoms with E-state index >= 15 is 0 Å². The molecule has 0 radical (unpaired) electrons. The third-order valence-corrected chi connectivity index (χ3v) is 7.51. The van der Waals surface area contributed by atoms with Crippen molar-refractivity contribution in [3.8, 4) is 0 Å². The standard InChI is InChI=1S/C22H38O2/c1(17-3-7-19(8-4-17)11-13-21-15-23-21)2-18-5-9-20(10-6-18)12-14-22-16-24-22/h17-22H,1-16H2. The van der Waals surface area contributed by atoms with Crippen molar-refractivity contribution in [2.75, 3.05) is 13.2 Å². The lowest BCUT2D eigenvalue weighted by atomic mass is 9.74. The summed E-state index contributed by atoms with van der Waals surface area (Å²) in [5.41, 5.74) is 0. The maximum absolute atomic E-state index is 5.36. The Morgan fingerprint density at radius 3 is 0.917 bits per heavy atom. The van der Waals surface area contributed by atoms with Crippen molar-refractivity contribution in [3.63, 3.8) is 0 Å². The molecule has 138 valence electrons. The number of epoxide rings is 2. The van der Waals surface area contributed by atoms with Gasteiger partial charge in [0.05, 0.1) is 25.4 Å². The van der Waals surface area contributed by atoms with Gasteiger partial charge in [0.15, 0.2) is 0 Å². The van der Waals surface area contributed by atoms with E-state index in [1.165, 1.54) is 89.9 Å². The summed E-state index contributed by atoms with van der Waals surface area (Å²) in [6, 6.07) is 0. The molecule has 2 aliphatic carbocycles. The van der Waals surface area contributed by atoms with Gasteiger partial charge in [-0.3, -0.25) is 0 Å². The Morgan fingerprint density at radius 2 is 0.667 bits per heavy atom. The fourth-order valence-electron chi connectivity index (χ4n) is 5.40. The smallest absolute Gasteiger partial charge is 0.0810 e. The van der Waals surface area contributed by atoms with Gasteiger partial charge < -0.3 is 9.47 Å². The minimum absolute atomic E-state index is 0.648. The minimum Gasteiger partial charge on any atom is -0.373 e. The third kappa shape index (κ3) is 5.73. The van der Waals surface area contributed by atoms with Gasteiger partial charge in [-0.2, -0.15) is 0 Å². The van der Waals surface area contributed by atoms with E-state index in [-0.39, 0.29) is 0 Å². The van der Waals surface area contributed by atoms with Crippen LogP contribution in [0.15, 0.2) is 0 Å². The number of hydrogen-bond acceptors (Lipinski definition) is 2. The molecule has 2 heterocycles. The molecule has 0 bridgehead atoms. The van der Waals surface area contributed by atoms with Crippen LogP contribution in [0.25, 0.3) is 0 Å². The number of hydrogen-bond donors (Lipinski definition) is 0. The Hall–Kier alpha value is -0.0800. The van der Waals surface area contributed by atoms with E-state index in [0.29, 0.717) is 12.2 Å². The van der Waals surface area contributed by atoms with Gasteiger partial charge >= 0.3 is 0 Å². The zero-order chi connectivity index (χ0) is 16.2. The predicted octanol–water partition coefficient (Wildman–Crippen LogP) is 5.74. The molecule has 0 aromatic rings. The first-order valence-electron chi connectivity index (χ1n) is 11.1. The summed E-state index contributed by atoms with van der Waals surface area (Å²) in [5, 5.41) is 0. The first-order chi connectivity index (χ1) is 11.8. The van der Waals surface area contributed by atoms with Gasteiger partial charge in [0.2, 0.25) is 0 Å². The van der Waals surface area contributed by atoms with Gasteiger partial charge in [0.1, 0.15) is 0 Å². The lowest BCUT2D eigenvalue weighted by Gasteiger charge is -2.32. The van der Waals surface area contributed by atoms with Crippen molar-refractivity contribution in [3.05, 3.63) is 0 Å². The summed E-state index contributed by atoms with van der Waals surface area (Å²) in [5.74, 6) is 4.17. The van der Waals surface area contributed by atoms with E-state index in [2.05, 4.69) is 0 Å². The summed E-state index contributed by atoms with van der Waals surface area (Å²) in [6.07, 6.45) is 22.0. The third-order valence-electron chi connectivity index (χ3n) is 7.51. The van der Waals surface area contributed by atoms with Crippen LogP contribution in [0.5, 0.6) is 0 Å². The maximum atomic E-state index is 5.36. The quantitative estimate of drug-likeness (QED) is 0.502. The van der Waals surface area contributed by atoms with E-state index in [0.717, 1.165) is 36.9 Å². The molecular weight excluding hydrogens is 296 g/mol. The highest BCUT2D eigenvalue weighted by Crippen LogP contribution is 2.39. The Balaban J connectivity index is 1.04. The van der Waals surface area contributed by atoms with Crippen molar-refractivity contribution in [1.29, 1.82) is 0 Å². The van der Waals surface area contributed by atoms with Gasteiger partial charge in [-0.05, 0) is 49.4 Å². The van der Waals surface area contributed by atoms with Crippen molar-refractivity contribution in [2.45, 2.75) is 102 Å². The SMILES string of the molecule is C(CC1CCC(CCC2CO2)CC1)C1CCC(CCC2CO2)CC1. The van der Waals surface area contributed by atoms with E-state index in [1.54, 1.807) is 0 Å². The molecule has 2 atom stereocenters. The van der Waals surface area contributed by atoms with Crippen LogP contribution in [0.1, 0.15) is 89.9 Å². The summed E-state index contributed by atoms with van der Waals surface area (Å²) in [7, 11) is 0. The Morgan fingerprint density at radius 1 is 0.417 bits per heavy atom. The lowest BCUT2D eigenvalue weighted by Crippen LogP contribution is -2.18. The maximum Gasteiger partial charge on any atom is 0.0810 e. The van der Waals surface area contributed by atoms with E-state index in [4.69, 9.17) is 9.47 Å². The highest BCUT2D eigenvalue weighted by atomic mass is 16.6. The second kappa shape index (κ2) is 8.54. The molecule has 2 aliphatic heterocycles. The van der Waals surface area contributed by atoms with Crippen LogP contribution in [-0.2, 0) is 9.47 Å². The molecule has 0 N–H and O–H groups in total. The molecule has 2 heteroatoms. The second-order valence-corrected chi connectivity index (χ2v) is 9.42. The van der Waals surface area contributed by atoms with Gasteiger partial charge in [0.25, 0.3) is 0 Å². The zero-order valence-electron chi connectivity index (χ0n) is 15.6. The lowest BCUT2D eigenvalue weighted by molar-refractivity contribution is 0.204. The fourth-order valence-corrected chi connectivity index (χ4v) is 5.40. The molecule has 4 fully saturated rings. The molecule has 2 unspecified atom stereocenters. The molecule has 0 amide bonds. The normalized spacial score (nSPS) is 42.0. The molecule has 0 aromatic carbocycles. The van der Waals surface area contributed by atoms with E-state index < -0.39 is 0 Å². The summed E-state index contributed by atoms with van der Waals surface area (Å²) < 4.78 is 10.7. The Labute approximate surface area is 149 Å². The summed E-state index contributed by atoms with van der Waals surface area (Å²) in [6.45, 7) is 2.10. The topological polar surface area (TPSA) is 25.1 Å². The molecule has 4 rings (SSSR count). The molecule has 0 aromatic heterocycles. The van der Waals surface area contributed by atoms with Crippen molar-refractivity contribution in [2.24, 2.45) is 23.7 Å². The monoisotopic (exact) mass is 334 g/mol. The van der Waals surface area contributed by atoms with Crippen LogP contribution in [0, 0.1) is 23.7 Å². The van der Waals surface area contributed by atoms with Crippen LogP contribution < -0.4 is 0 Å². The minimum atomic E-state index is 0.648. The van der Waals surface area contributed by atoms with Crippen molar-refractivity contribution in [1.82, 2.24) is 0 Å². The molecule has 2 saturated heterocycles. The van der Waals surface area contributed by atoms with Gasteiger partial charge in [-0.1, -0.05) is 64.2 Å². The number of rotatable bonds is 9. The van der Waals surface area contributed by atoms with Gasteiger partial charge in [-0.25, -0.2) is 0 Å². The van der Waals surface area contributed by atoms with Crippen LogP contribution in [0.4, 0.5) is 0 Å². The molecule has 24 heavy (non-hydrogen) atoms. The van der Waals surface area contributed by atoms with Crippen LogP contribution in [-0.4, -0.2) is 25.4 Å². The second-order valence-electron chi connectivity index (χ2n) is 9.42.